The molecule has 6 heteroatoms. The molecule has 3 fully saturated rings. The number of thioether (sulfide) groups is 1. The second-order valence-electron chi connectivity index (χ2n) is 8.71. The first-order valence-corrected chi connectivity index (χ1v) is 11.6. The highest BCUT2D eigenvalue weighted by Gasteiger charge is 2.48. The molecule has 1 spiro atoms. The highest BCUT2D eigenvalue weighted by molar-refractivity contribution is 8.00. The van der Waals surface area contributed by atoms with E-state index in [0.29, 0.717) is 11.9 Å². The zero-order chi connectivity index (χ0) is 19.6. The molecule has 1 amide bonds. The zero-order valence-corrected chi connectivity index (χ0v) is 18.0. The Balaban J connectivity index is 1.16. The van der Waals surface area contributed by atoms with Crippen molar-refractivity contribution in [3.63, 3.8) is 0 Å². The van der Waals surface area contributed by atoms with Crippen molar-refractivity contribution >= 4 is 17.7 Å². The first kappa shape index (κ1) is 20.2. The monoisotopic (exact) mass is 403 g/mol. The van der Waals surface area contributed by atoms with E-state index < -0.39 is 0 Å². The van der Waals surface area contributed by atoms with E-state index in [1.807, 2.05) is 4.90 Å². The summed E-state index contributed by atoms with van der Waals surface area (Å²) in [6.45, 7) is 9.48. The molecule has 3 aliphatic heterocycles. The molecule has 0 saturated carbocycles. The van der Waals surface area contributed by atoms with E-state index in [1.54, 1.807) is 11.8 Å². The number of amides is 1. The van der Waals surface area contributed by atoms with E-state index in [1.165, 1.54) is 16.9 Å². The van der Waals surface area contributed by atoms with Crippen LogP contribution in [0.25, 0.3) is 0 Å². The van der Waals surface area contributed by atoms with Crippen LogP contribution in [0.1, 0.15) is 24.8 Å². The Bertz CT molecular complexity index is 657. The molecule has 0 N–H and O–H groups in total. The molecular formula is C22H33N3O2S. The molecule has 0 aliphatic carbocycles. The number of ether oxygens (including phenoxy) is 1. The molecule has 0 bridgehead atoms. The minimum absolute atomic E-state index is 0.0537. The van der Waals surface area contributed by atoms with Gasteiger partial charge >= 0.3 is 0 Å². The second kappa shape index (κ2) is 8.74. The lowest BCUT2D eigenvalue weighted by Crippen LogP contribution is -2.60. The van der Waals surface area contributed by atoms with Crippen molar-refractivity contribution < 1.29 is 9.53 Å². The van der Waals surface area contributed by atoms with Crippen molar-refractivity contribution in [1.29, 1.82) is 0 Å². The fraction of sp³-hybridized carbons (Fsp3) is 0.682. The van der Waals surface area contributed by atoms with E-state index >= 15 is 0 Å². The lowest BCUT2D eigenvalue weighted by atomic mass is 9.80. The molecule has 1 atom stereocenters. The minimum atomic E-state index is 0.0537. The summed E-state index contributed by atoms with van der Waals surface area (Å²) in [7, 11) is 2.19. The molecular weight excluding hydrogens is 370 g/mol. The molecule has 0 radical (unpaired) electrons. The normalized spacial score (nSPS) is 25.6. The smallest absolute Gasteiger partial charge is 0.232 e. The van der Waals surface area contributed by atoms with Crippen LogP contribution in [0.4, 0.5) is 0 Å². The van der Waals surface area contributed by atoms with E-state index in [0.717, 1.165) is 58.7 Å². The summed E-state index contributed by atoms with van der Waals surface area (Å²) in [4.78, 5) is 20.7. The maximum Gasteiger partial charge on any atom is 0.232 e. The number of nitrogens with zero attached hydrogens (tertiary/aromatic N) is 3. The molecule has 1 unspecified atom stereocenters. The number of piperazine rings is 1. The Hall–Kier alpha value is -1.08. The fourth-order valence-corrected chi connectivity index (χ4v) is 5.34. The number of likely N-dealkylation sites (N-methyl/N-ethyl adjacent to an activating group) is 1. The number of piperidine rings is 1. The van der Waals surface area contributed by atoms with E-state index in [4.69, 9.17) is 4.74 Å². The number of carbonyl (C=O) groups is 1. The van der Waals surface area contributed by atoms with Crippen molar-refractivity contribution in [2.24, 2.45) is 0 Å². The fourth-order valence-electron chi connectivity index (χ4n) is 4.54. The Labute approximate surface area is 173 Å². The van der Waals surface area contributed by atoms with Crippen molar-refractivity contribution in [3.05, 3.63) is 29.8 Å². The lowest BCUT2D eigenvalue weighted by Gasteiger charge is -2.53. The molecule has 3 heterocycles. The van der Waals surface area contributed by atoms with Crippen molar-refractivity contribution in [1.82, 2.24) is 14.7 Å². The number of likely N-dealkylation sites (tertiary alicyclic amines) is 1. The molecule has 1 aromatic carbocycles. The number of benzene rings is 1. The number of carbonyl (C=O) groups excluding carboxylic acids is 1. The van der Waals surface area contributed by atoms with Crippen LogP contribution in [-0.2, 0) is 9.53 Å². The van der Waals surface area contributed by atoms with Gasteiger partial charge in [0.25, 0.3) is 0 Å². The van der Waals surface area contributed by atoms with Gasteiger partial charge in [0.05, 0.1) is 17.5 Å². The summed E-state index contributed by atoms with van der Waals surface area (Å²) in [5, 5.41) is 0. The molecule has 0 aromatic heterocycles. The van der Waals surface area contributed by atoms with Gasteiger partial charge in [0.1, 0.15) is 0 Å². The first-order valence-electron chi connectivity index (χ1n) is 10.6. The summed E-state index contributed by atoms with van der Waals surface area (Å²) in [6.07, 6.45) is 3.54. The number of rotatable bonds is 5. The van der Waals surface area contributed by atoms with Gasteiger partial charge in [-0.2, -0.15) is 0 Å². The van der Waals surface area contributed by atoms with Gasteiger partial charge in [0, 0.05) is 57.1 Å². The largest absolute Gasteiger partial charge is 0.370 e. The van der Waals surface area contributed by atoms with Gasteiger partial charge in [0.15, 0.2) is 0 Å². The number of hydrogen-bond donors (Lipinski definition) is 0. The highest BCUT2D eigenvalue weighted by Crippen LogP contribution is 2.41. The van der Waals surface area contributed by atoms with Crippen LogP contribution in [0.15, 0.2) is 29.2 Å². The van der Waals surface area contributed by atoms with Gasteiger partial charge in [-0.15, -0.1) is 11.8 Å². The molecule has 4 rings (SSSR count). The Morgan fingerprint density at radius 2 is 1.75 bits per heavy atom. The van der Waals surface area contributed by atoms with Crippen LogP contribution in [-0.4, -0.2) is 90.9 Å². The number of hydrogen-bond acceptors (Lipinski definition) is 5. The van der Waals surface area contributed by atoms with Gasteiger partial charge in [-0.05, 0) is 38.9 Å². The van der Waals surface area contributed by atoms with Gasteiger partial charge < -0.3 is 14.5 Å². The van der Waals surface area contributed by atoms with E-state index in [2.05, 4.69) is 48.0 Å². The Morgan fingerprint density at radius 1 is 1.11 bits per heavy atom. The summed E-state index contributed by atoms with van der Waals surface area (Å²) < 4.78 is 6.37. The Morgan fingerprint density at radius 3 is 2.39 bits per heavy atom. The van der Waals surface area contributed by atoms with Crippen molar-refractivity contribution in [2.75, 3.05) is 58.6 Å². The van der Waals surface area contributed by atoms with Gasteiger partial charge in [-0.25, -0.2) is 0 Å². The van der Waals surface area contributed by atoms with Crippen LogP contribution in [0, 0.1) is 6.92 Å². The van der Waals surface area contributed by atoms with Crippen molar-refractivity contribution in [2.45, 2.75) is 42.8 Å². The topological polar surface area (TPSA) is 36.0 Å². The minimum Gasteiger partial charge on any atom is -0.370 e. The van der Waals surface area contributed by atoms with Crippen LogP contribution in [0.2, 0.25) is 0 Å². The van der Waals surface area contributed by atoms with Crippen LogP contribution in [0.5, 0.6) is 0 Å². The third kappa shape index (κ3) is 4.90. The van der Waals surface area contributed by atoms with Crippen LogP contribution in [0.3, 0.4) is 0 Å². The van der Waals surface area contributed by atoms with E-state index in [9.17, 15) is 4.79 Å². The van der Waals surface area contributed by atoms with E-state index in [-0.39, 0.29) is 11.5 Å². The molecule has 154 valence electrons. The standard InChI is InChI=1S/C22H33N3O2S/c1-18-3-5-20(6-4-18)28-17-21(26)25-9-7-22(8-10-25)15-19(27-22)16-24-13-11-23(2)12-14-24/h3-6,19H,7-17H2,1-2H3. The molecule has 3 aliphatic rings. The summed E-state index contributed by atoms with van der Waals surface area (Å²) in [6, 6.07) is 8.40. The zero-order valence-electron chi connectivity index (χ0n) is 17.2. The van der Waals surface area contributed by atoms with Gasteiger partial charge in [0.2, 0.25) is 5.91 Å². The molecule has 1 aromatic rings. The average molecular weight is 404 g/mol. The second-order valence-corrected chi connectivity index (χ2v) is 9.76. The number of aryl methyl sites for hydroxylation is 1. The molecule has 3 saturated heterocycles. The maximum atomic E-state index is 12.6. The molecule has 5 nitrogen and oxygen atoms in total. The Kier molecular flexibility index (Phi) is 6.30. The third-order valence-corrected chi connectivity index (χ3v) is 7.48. The summed E-state index contributed by atoms with van der Waals surface area (Å²) >= 11 is 1.64. The predicted molar refractivity (Wildman–Crippen MR) is 114 cm³/mol. The summed E-state index contributed by atoms with van der Waals surface area (Å²) in [5.74, 6) is 0.789. The highest BCUT2D eigenvalue weighted by atomic mass is 32.2. The average Bonchev–Trinajstić information content (AvgIpc) is 2.68. The predicted octanol–water partition coefficient (Wildman–Crippen LogP) is 2.48. The maximum absolute atomic E-state index is 12.6. The summed E-state index contributed by atoms with van der Waals surface area (Å²) in [5.41, 5.74) is 1.31. The van der Waals surface area contributed by atoms with Crippen LogP contribution >= 0.6 is 11.8 Å². The SMILES string of the molecule is Cc1ccc(SCC(=O)N2CCC3(CC2)CC(CN2CCN(C)CC2)O3)cc1. The lowest BCUT2D eigenvalue weighted by molar-refractivity contribution is -0.229. The third-order valence-electron chi connectivity index (χ3n) is 6.48. The first-order chi connectivity index (χ1) is 13.5. The van der Waals surface area contributed by atoms with Gasteiger partial charge in [-0.3, -0.25) is 9.69 Å². The van der Waals surface area contributed by atoms with Crippen molar-refractivity contribution in [3.8, 4) is 0 Å². The quantitative estimate of drug-likeness (QED) is 0.706. The van der Waals surface area contributed by atoms with Gasteiger partial charge in [-0.1, -0.05) is 17.7 Å². The molecule has 28 heavy (non-hydrogen) atoms. The van der Waals surface area contributed by atoms with Crippen LogP contribution < -0.4 is 0 Å².